The molecular weight excluding hydrogens is 478 g/mol. The number of nitro groups is 1. The van der Waals surface area contributed by atoms with E-state index in [0.717, 1.165) is 28.6 Å². The number of hydrogen-bond donors (Lipinski definition) is 0. The number of nitriles is 1. The summed E-state index contributed by atoms with van der Waals surface area (Å²) < 4.78 is 37.2. The van der Waals surface area contributed by atoms with Crippen molar-refractivity contribution in [2.24, 2.45) is 17.8 Å². The molecule has 0 amide bonds. The van der Waals surface area contributed by atoms with E-state index in [4.69, 9.17) is 4.74 Å². The van der Waals surface area contributed by atoms with E-state index in [2.05, 4.69) is 4.74 Å². The van der Waals surface area contributed by atoms with Crippen LogP contribution in [0.4, 0.5) is 5.69 Å². The smallest absolute Gasteiger partial charge is 0.312 e. The van der Waals surface area contributed by atoms with Crippen LogP contribution in [0.3, 0.4) is 0 Å². The molecule has 11 nitrogen and oxygen atoms in total. The summed E-state index contributed by atoms with van der Waals surface area (Å²) in [6.07, 6.45) is 4.78. The molecule has 188 valence electrons. The van der Waals surface area contributed by atoms with Gasteiger partial charge in [-0.15, -0.1) is 0 Å². The first kappa shape index (κ1) is 27.7. The lowest BCUT2D eigenvalue weighted by molar-refractivity contribution is -0.384. The lowest BCUT2D eigenvalue weighted by Gasteiger charge is -2.22. The van der Waals surface area contributed by atoms with Gasteiger partial charge in [-0.05, 0) is 31.9 Å². The summed E-state index contributed by atoms with van der Waals surface area (Å²) in [5.74, 6) is -2.68. The maximum atomic E-state index is 13.4. The molecule has 1 aromatic rings. The third-order valence-electron chi connectivity index (χ3n) is 5.94. The molecule has 0 spiro atoms. The highest BCUT2D eigenvalue weighted by Gasteiger charge is 2.49. The van der Waals surface area contributed by atoms with Crippen molar-refractivity contribution < 1.29 is 32.4 Å². The number of carbonyl (C=O) groups is 2. The zero-order valence-corrected chi connectivity index (χ0v) is 20.6. The van der Waals surface area contributed by atoms with Crippen LogP contribution in [0.2, 0.25) is 0 Å². The Morgan fingerprint density at radius 2 is 1.91 bits per heavy atom. The van der Waals surface area contributed by atoms with Crippen LogP contribution in [0.1, 0.15) is 20.3 Å². The van der Waals surface area contributed by atoms with E-state index in [1.54, 1.807) is 32.1 Å². The van der Waals surface area contributed by atoms with Gasteiger partial charge in [0, 0.05) is 24.6 Å². The Morgan fingerprint density at radius 3 is 2.43 bits per heavy atom. The topological polar surface area (TPSA) is 157 Å². The standard InChI is InChI=1S/C23H27N3O8S/c1-15(6-5-7-16(2)23(28)34-4)20-14-25(21(13-24)19(20)12-22(27)33-3)35(31,32)18-10-8-17(9-11-18)26(29)30/h5-11,16,19-21H,12,14H2,1-4H3/b7-5+,15-6-/t16-,19+,20-,21?/m1/s1. The first-order valence-electron chi connectivity index (χ1n) is 10.6. The summed E-state index contributed by atoms with van der Waals surface area (Å²) in [7, 11) is -1.71. The third-order valence-corrected chi connectivity index (χ3v) is 7.80. The van der Waals surface area contributed by atoms with Gasteiger partial charge in [0.2, 0.25) is 10.0 Å². The Bertz CT molecular complexity index is 1170. The van der Waals surface area contributed by atoms with Gasteiger partial charge in [-0.1, -0.05) is 23.8 Å². The number of methoxy groups -OCH3 is 2. The highest BCUT2D eigenvalue weighted by Crippen LogP contribution is 2.40. The van der Waals surface area contributed by atoms with E-state index in [9.17, 15) is 33.4 Å². The third kappa shape index (κ3) is 6.32. The fourth-order valence-electron chi connectivity index (χ4n) is 3.93. The molecular formula is C23H27N3O8S. The minimum Gasteiger partial charge on any atom is -0.469 e. The van der Waals surface area contributed by atoms with Crippen LogP contribution >= 0.6 is 0 Å². The maximum Gasteiger partial charge on any atom is 0.312 e. The highest BCUT2D eigenvalue weighted by atomic mass is 32.2. The average Bonchev–Trinajstić information content (AvgIpc) is 3.22. The van der Waals surface area contributed by atoms with E-state index < -0.39 is 50.7 Å². The second-order valence-corrected chi connectivity index (χ2v) is 9.95. The van der Waals surface area contributed by atoms with E-state index >= 15 is 0 Å². The minimum atomic E-state index is -4.20. The van der Waals surface area contributed by atoms with E-state index in [-0.39, 0.29) is 23.5 Å². The molecule has 12 heteroatoms. The molecule has 0 N–H and O–H groups in total. The molecule has 0 radical (unpaired) electrons. The van der Waals surface area contributed by atoms with Crippen LogP contribution in [0, 0.1) is 39.2 Å². The fourth-order valence-corrected chi connectivity index (χ4v) is 5.54. The molecule has 0 saturated carbocycles. The van der Waals surface area contributed by atoms with Crippen LogP contribution in [-0.2, 0) is 29.1 Å². The van der Waals surface area contributed by atoms with Gasteiger partial charge in [-0.2, -0.15) is 9.57 Å². The monoisotopic (exact) mass is 505 g/mol. The van der Waals surface area contributed by atoms with Crippen molar-refractivity contribution in [3.8, 4) is 6.07 Å². The molecule has 1 aromatic carbocycles. The first-order valence-corrected chi connectivity index (χ1v) is 12.1. The molecule has 1 saturated heterocycles. The molecule has 0 aromatic heterocycles. The number of sulfonamides is 1. The number of nitro benzene ring substituents is 1. The number of hydrogen-bond acceptors (Lipinski definition) is 9. The second-order valence-electron chi connectivity index (χ2n) is 8.06. The second kappa shape index (κ2) is 11.7. The van der Waals surface area contributed by atoms with Gasteiger partial charge in [0.15, 0.2) is 0 Å². The van der Waals surface area contributed by atoms with Crippen molar-refractivity contribution in [3.05, 3.63) is 58.2 Å². The van der Waals surface area contributed by atoms with E-state index in [1.165, 1.54) is 14.2 Å². The van der Waals surface area contributed by atoms with Crippen molar-refractivity contribution >= 4 is 27.6 Å². The van der Waals surface area contributed by atoms with Crippen molar-refractivity contribution in [1.29, 1.82) is 5.26 Å². The molecule has 35 heavy (non-hydrogen) atoms. The van der Waals surface area contributed by atoms with Gasteiger partial charge in [0.05, 0.1) is 42.4 Å². The van der Waals surface area contributed by atoms with E-state index in [0.29, 0.717) is 5.57 Å². The normalized spacial score (nSPS) is 21.9. The van der Waals surface area contributed by atoms with Gasteiger partial charge in [-0.3, -0.25) is 19.7 Å². The van der Waals surface area contributed by atoms with Gasteiger partial charge >= 0.3 is 11.9 Å². The van der Waals surface area contributed by atoms with Crippen LogP contribution in [0.25, 0.3) is 0 Å². The Morgan fingerprint density at radius 1 is 1.29 bits per heavy atom. The average molecular weight is 506 g/mol. The van der Waals surface area contributed by atoms with Gasteiger partial charge in [-0.25, -0.2) is 8.42 Å². The lowest BCUT2D eigenvalue weighted by atomic mass is 9.83. The molecule has 0 aliphatic carbocycles. The van der Waals surface area contributed by atoms with Gasteiger partial charge < -0.3 is 9.47 Å². The minimum absolute atomic E-state index is 0.0814. The largest absolute Gasteiger partial charge is 0.469 e. The molecule has 1 fully saturated rings. The molecule has 2 rings (SSSR count). The zero-order valence-electron chi connectivity index (χ0n) is 19.8. The number of rotatable bonds is 9. The van der Waals surface area contributed by atoms with Crippen LogP contribution in [-0.4, -0.2) is 56.4 Å². The summed E-state index contributed by atoms with van der Waals surface area (Å²) in [4.78, 5) is 33.7. The van der Waals surface area contributed by atoms with Crippen LogP contribution in [0.5, 0.6) is 0 Å². The van der Waals surface area contributed by atoms with Crippen molar-refractivity contribution in [2.45, 2.75) is 31.2 Å². The first-order chi connectivity index (χ1) is 16.5. The van der Waals surface area contributed by atoms with Crippen LogP contribution in [0.15, 0.2) is 53.0 Å². The predicted octanol–water partition coefficient (Wildman–Crippen LogP) is 2.60. The van der Waals surface area contributed by atoms with Crippen molar-refractivity contribution in [1.82, 2.24) is 4.31 Å². The summed E-state index contributed by atoms with van der Waals surface area (Å²) in [5, 5.41) is 20.8. The Labute approximate surface area is 203 Å². The lowest BCUT2D eigenvalue weighted by Crippen LogP contribution is -2.37. The van der Waals surface area contributed by atoms with Crippen LogP contribution < -0.4 is 0 Å². The number of carbonyl (C=O) groups excluding carboxylic acids is 2. The van der Waals surface area contributed by atoms with Crippen molar-refractivity contribution in [3.63, 3.8) is 0 Å². The zero-order chi connectivity index (χ0) is 26.3. The maximum absolute atomic E-state index is 13.4. The number of nitrogens with zero attached hydrogens (tertiary/aromatic N) is 3. The molecule has 1 aliphatic heterocycles. The van der Waals surface area contributed by atoms with Crippen molar-refractivity contribution in [2.75, 3.05) is 20.8 Å². The van der Waals surface area contributed by atoms with E-state index in [1.807, 2.05) is 6.07 Å². The SMILES string of the molecule is COC(=O)C[C@@H]1C(C#N)N(S(=O)(=O)c2ccc([N+](=O)[O-])cc2)C[C@@H]1/C(C)=C\C=C\[C@@H](C)C(=O)OC. The molecule has 1 aliphatic rings. The molecule has 1 heterocycles. The Kier molecular flexibility index (Phi) is 9.27. The summed E-state index contributed by atoms with van der Waals surface area (Å²) in [5.41, 5.74) is 0.435. The molecule has 1 unspecified atom stereocenters. The number of benzene rings is 1. The van der Waals surface area contributed by atoms with Gasteiger partial charge in [0.25, 0.3) is 5.69 Å². The number of esters is 2. The number of ether oxygens (including phenoxy) is 2. The predicted molar refractivity (Wildman–Crippen MR) is 124 cm³/mol. The highest BCUT2D eigenvalue weighted by molar-refractivity contribution is 7.89. The molecule has 0 bridgehead atoms. The van der Waals surface area contributed by atoms with Gasteiger partial charge in [0.1, 0.15) is 6.04 Å². The number of non-ortho nitro benzene ring substituents is 1. The fraction of sp³-hybridized carbons (Fsp3) is 0.435. The Hall–Kier alpha value is -3.56. The summed E-state index contributed by atoms with van der Waals surface area (Å²) >= 11 is 0. The quantitative estimate of drug-likeness (QED) is 0.213. The Balaban J connectivity index is 2.43. The summed E-state index contributed by atoms with van der Waals surface area (Å²) in [6.45, 7) is 3.33. The number of allylic oxidation sites excluding steroid dienone is 2. The summed E-state index contributed by atoms with van der Waals surface area (Å²) in [6, 6.07) is 5.22. The molecule has 4 atom stereocenters.